The standard InChI is InChI=1S/C35H43N3O2/c1-5-27(23-29-15-19-36-20-16-29)24-34-26(3)38(32-13-10-14-33(39-4)35(32)40-34)31-18-22-37(30(6-2)25-31)21-17-28-11-8-7-9-12-28/h7-16,19-20,24,30-31H,5-6,17-18,21-23,25H2,1-4H3/b27-24+. The fraction of sp³-hybridized carbons (Fsp3) is 0.400. The molecule has 1 fully saturated rings. The third kappa shape index (κ3) is 6.26. The molecular weight excluding hydrogens is 494 g/mol. The Morgan fingerprint density at radius 3 is 2.55 bits per heavy atom. The van der Waals surface area contributed by atoms with Crippen LogP contribution in [0.3, 0.4) is 0 Å². The van der Waals surface area contributed by atoms with Gasteiger partial charge in [-0.2, -0.15) is 0 Å². The number of aromatic nitrogens is 1. The summed E-state index contributed by atoms with van der Waals surface area (Å²) in [5.41, 5.74) is 6.31. The number of methoxy groups -OCH3 is 1. The van der Waals surface area contributed by atoms with Crippen LogP contribution in [0.2, 0.25) is 0 Å². The molecule has 0 N–H and O–H groups in total. The first-order valence-electron chi connectivity index (χ1n) is 14.8. The van der Waals surface area contributed by atoms with Crippen molar-refractivity contribution in [1.29, 1.82) is 0 Å². The van der Waals surface area contributed by atoms with E-state index >= 15 is 0 Å². The number of para-hydroxylation sites is 1. The lowest BCUT2D eigenvalue weighted by atomic mass is 9.92. The fourth-order valence-electron chi connectivity index (χ4n) is 6.22. The first-order valence-corrected chi connectivity index (χ1v) is 14.8. The van der Waals surface area contributed by atoms with Crippen LogP contribution in [0.5, 0.6) is 11.5 Å². The second kappa shape index (κ2) is 13.2. The topological polar surface area (TPSA) is 37.8 Å². The predicted molar refractivity (Wildman–Crippen MR) is 164 cm³/mol. The van der Waals surface area contributed by atoms with E-state index in [0.29, 0.717) is 12.1 Å². The van der Waals surface area contributed by atoms with Gasteiger partial charge >= 0.3 is 0 Å². The van der Waals surface area contributed by atoms with Crippen LogP contribution in [0.4, 0.5) is 5.69 Å². The molecule has 2 aliphatic rings. The maximum atomic E-state index is 6.63. The second-order valence-electron chi connectivity index (χ2n) is 10.9. The number of fused-ring (bicyclic) bond motifs is 1. The highest BCUT2D eigenvalue weighted by Crippen LogP contribution is 2.46. The zero-order chi connectivity index (χ0) is 27.9. The highest BCUT2D eigenvalue weighted by atomic mass is 16.5. The minimum absolute atomic E-state index is 0.404. The first kappa shape index (κ1) is 28.0. The van der Waals surface area contributed by atoms with Crippen molar-refractivity contribution < 1.29 is 9.47 Å². The van der Waals surface area contributed by atoms with E-state index in [9.17, 15) is 0 Å². The lowest BCUT2D eigenvalue weighted by Gasteiger charge is -2.46. The van der Waals surface area contributed by atoms with Crippen molar-refractivity contribution >= 4 is 5.69 Å². The molecule has 0 radical (unpaired) electrons. The number of pyridine rings is 1. The number of ether oxygens (including phenoxy) is 2. The molecule has 5 nitrogen and oxygen atoms in total. The summed E-state index contributed by atoms with van der Waals surface area (Å²) in [6.07, 6.45) is 12.3. The minimum atomic E-state index is 0.404. The molecule has 2 unspecified atom stereocenters. The van der Waals surface area contributed by atoms with Crippen molar-refractivity contribution in [2.75, 3.05) is 25.1 Å². The first-order chi connectivity index (χ1) is 19.6. The zero-order valence-corrected chi connectivity index (χ0v) is 24.5. The van der Waals surface area contributed by atoms with Gasteiger partial charge in [-0.15, -0.1) is 0 Å². The van der Waals surface area contributed by atoms with Crippen molar-refractivity contribution in [2.45, 2.75) is 71.4 Å². The van der Waals surface area contributed by atoms with E-state index in [1.807, 2.05) is 18.5 Å². The molecule has 2 aliphatic heterocycles. The predicted octanol–water partition coefficient (Wildman–Crippen LogP) is 7.59. The summed E-state index contributed by atoms with van der Waals surface area (Å²) in [5, 5.41) is 0. The quantitative estimate of drug-likeness (QED) is 0.266. The third-order valence-electron chi connectivity index (χ3n) is 8.51. The molecule has 3 heterocycles. The Bertz CT molecular complexity index is 1320. The van der Waals surface area contributed by atoms with E-state index < -0.39 is 0 Å². The number of allylic oxidation sites excluding steroid dienone is 3. The van der Waals surface area contributed by atoms with Crippen molar-refractivity contribution in [3.05, 3.63) is 107 Å². The van der Waals surface area contributed by atoms with Gasteiger partial charge < -0.3 is 14.4 Å². The molecule has 1 saturated heterocycles. The van der Waals surface area contributed by atoms with E-state index in [4.69, 9.17) is 9.47 Å². The molecule has 0 amide bonds. The number of hydrogen-bond donors (Lipinski definition) is 0. The highest BCUT2D eigenvalue weighted by molar-refractivity contribution is 5.71. The lowest BCUT2D eigenvalue weighted by molar-refractivity contribution is 0.131. The van der Waals surface area contributed by atoms with Gasteiger partial charge in [-0.25, -0.2) is 0 Å². The van der Waals surface area contributed by atoms with Gasteiger partial charge in [0.15, 0.2) is 11.5 Å². The maximum absolute atomic E-state index is 6.63. The smallest absolute Gasteiger partial charge is 0.192 e. The summed E-state index contributed by atoms with van der Waals surface area (Å²) in [4.78, 5) is 9.43. The van der Waals surface area contributed by atoms with E-state index in [1.54, 1.807) is 7.11 Å². The Balaban J connectivity index is 1.42. The zero-order valence-electron chi connectivity index (χ0n) is 24.5. The van der Waals surface area contributed by atoms with E-state index in [1.165, 1.54) is 22.4 Å². The van der Waals surface area contributed by atoms with Crippen LogP contribution in [0.15, 0.2) is 96.2 Å². The molecule has 2 aromatic carbocycles. The fourth-order valence-corrected chi connectivity index (χ4v) is 6.22. The largest absolute Gasteiger partial charge is 0.493 e. The van der Waals surface area contributed by atoms with Gasteiger partial charge in [-0.05, 0) is 86.9 Å². The van der Waals surface area contributed by atoms with Crippen molar-refractivity contribution in [3.63, 3.8) is 0 Å². The van der Waals surface area contributed by atoms with Gasteiger partial charge in [0.1, 0.15) is 5.76 Å². The monoisotopic (exact) mass is 537 g/mol. The van der Waals surface area contributed by atoms with Crippen LogP contribution in [-0.2, 0) is 12.8 Å². The summed E-state index contributed by atoms with van der Waals surface area (Å²) in [7, 11) is 1.73. The van der Waals surface area contributed by atoms with E-state index in [-0.39, 0.29) is 0 Å². The molecule has 1 aromatic heterocycles. The van der Waals surface area contributed by atoms with Gasteiger partial charge in [-0.3, -0.25) is 9.88 Å². The Hall–Kier alpha value is -3.57. The van der Waals surface area contributed by atoms with Crippen molar-refractivity contribution in [2.24, 2.45) is 0 Å². The molecule has 3 aromatic rings. The van der Waals surface area contributed by atoms with Crippen LogP contribution >= 0.6 is 0 Å². The summed E-state index contributed by atoms with van der Waals surface area (Å²) in [6.45, 7) is 8.99. The van der Waals surface area contributed by atoms with Crippen LogP contribution in [0.25, 0.3) is 0 Å². The average Bonchev–Trinajstić information content (AvgIpc) is 3.00. The van der Waals surface area contributed by atoms with Crippen LogP contribution in [0, 0.1) is 0 Å². The van der Waals surface area contributed by atoms with Crippen molar-refractivity contribution in [3.8, 4) is 11.5 Å². The number of anilines is 1. The van der Waals surface area contributed by atoms with Crippen LogP contribution < -0.4 is 14.4 Å². The molecule has 210 valence electrons. The van der Waals surface area contributed by atoms with E-state index in [2.05, 4.69) is 96.2 Å². The van der Waals surface area contributed by atoms with Crippen LogP contribution in [-0.4, -0.2) is 42.2 Å². The number of benzene rings is 2. The number of nitrogens with zero attached hydrogens (tertiary/aromatic N) is 3. The van der Waals surface area contributed by atoms with Gasteiger partial charge in [-0.1, -0.05) is 55.8 Å². The Morgan fingerprint density at radius 1 is 1.02 bits per heavy atom. The average molecular weight is 538 g/mol. The maximum Gasteiger partial charge on any atom is 0.192 e. The van der Waals surface area contributed by atoms with Gasteiger partial charge in [0.25, 0.3) is 0 Å². The Morgan fingerprint density at radius 2 is 1.82 bits per heavy atom. The van der Waals surface area contributed by atoms with E-state index in [0.717, 1.165) is 74.6 Å². The lowest BCUT2D eigenvalue weighted by Crippen LogP contribution is -2.50. The van der Waals surface area contributed by atoms with Gasteiger partial charge in [0.05, 0.1) is 18.5 Å². The van der Waals surface area contributed by atoms with Gasteiger partial charge in [0, 0.05) is 37.6 Å². The number of likely N-dealkylation sites (tertiary alicyclic amines) is 1. The molecule has 0 bridgehead atoms. The summed E-state index contributed by atoms with van der Waals surface area (Å²) < 4.78 is 12.4. The molecule has 40 heavy (non-hydrogen) atoms. The second-order valence-corrected chi connectivity index (χ2v) is 10.9. The van der Waals surface area contributed by atoms with Gasteiger partial charge in [0.2, 0.25) is 0 Å². The third-order valence-corrected chi connectivity index (χ3v) is 8.51. The minimum Gasteiger partial charge on any atom is -0.493 e. The highest BCUT2D eigenvalue weighted by Gasteiger charge is 2.36. The van der Waals surface area contributed by atoms with Crippen molar-refractivity contribution in [1.82, 2.24) is 9.88 Å². The molecule has 2 atom stereocenters. The molecule has 0 aliphatic carbocycles. The summed E-state index contributed by atoms with van der Waals surface area (Å²) >= 11 is 0. The van der Waals surface area contributed by atoms with Crippen LogP contribution in [0.1, 0.15) is 57.6 Å². The molecule has 5 heteroatoms. The Labute approximate surface area is 240 Å². The normalized spacial score (nSPS) is 19.8. The Kier molecular flexibility index (Phi) is 9.22. The summed E-state index contributed by atoms with van der Waals surface area (Å²) in [5.74, 6) is 2.52. The SMILES string of the molecule is CC/C(=C\C1=C(C)N(C2CCN(CCc3ccccc3)C(CC)C2)c2cccc(OC)c2O1)Cc1ccncc1. The molecule has 0 saturated carbocycles. The molecule has 0 spiro atoms. The number of hydrogen-bond acceptors (Lipinski definition) is 5. The summed E-state index contributed by atoms with van der Waals surface area (Å²) in [6, 6.07) is 22.3. The number of rotatable bonds is 10. The molecule has 5 rings (SSSR count). The molecular formula is C35H43N3O2. The number of piperidine rings is 1.